The minimum Gasteiger partial charge on any atom is -0.379 e. The molecule has 0 saturated heterocycles. The van der Waals surface area contributed by atoms with Crippen LogP contribution in [0.1, 0.15) is 5.56 Å². The van der Waals surface area contributed by atoms with Gasteiger partial charge in [-0.25, -0.2) is 0 Å². The van der Waals surface area contributed by atoms with Crippen LogP contribution in [0.25, 0.3) is 0 Å². The monoisotopic (exact) mass is 404 g/mol. The predicted octanol–water partition coefficient (Wildman–Crippen LogP) is 3.53. The molecule has 0 spiro atoms. The van der Waals surface area contributed by atoms with Gasteiger partial charge < -0.3 is 8.37 Å². The summed E-state index contributed by atoms with van der Waals surface area (Å²) in [5, 5.41) is 0. The van der Waals surface area contributed by atoms with E-state index >= 15 is 0 Å². The first-order valence-corrected chi connectivity index (χ1v) is 10.7. The molecule has 0 atom stereocenters. The highest BCUT2D eigenvalue weighted by molar-refractivity contribution is 7.88. The maximum atomic E-state index is 12.6. The van der Waals surface area contributed by atoms with Crippen molar-refractivity contribution in [2.75, 3.05) is 0 Å². The average Bonchev–Trinajstić information content (AvgIpc) is 2.62. The summed E-state index contributed by atoms with van der Waals surface area (Å²) in [6.45, 7) is 1.55. The van der Waals surface area contributed by atoms with E-state index in [4.69, 9.17) is 8.37 Å². The van der Waals surface area contributed by atoms with Crippen LogP contribution in [0.4, 0.5) is 0 Å². The number of hydrogen-bond donors (Lipinski definition) is 0. The molecule has 0 radical (unpaired) electrons. The lowest BCUT2D eigenvalue weighted by Gasteiger charge is -2.12. The lowest BCUT2D eigenvalue weighted by atomic mass is 10.2. The second kappa shape index (κ2) is 7.42. The van der Waals surface area contributed by atoms with Crippen molar-refractivity contribution in [3.63, 3.8) is 0 Å². The number of aryl methyl sites for hydroxylation is 1. The number of hydrogen-bond acceptors (Lipinski definition) is 6. The molecule has 0 N–H and O–H groups in total. The van der Waals surface area contributed by atoms with E-state index in [2.05, 4.69) is 0 Å². The summed E-state index contributed by atoms with van der Waals surface area (Å²) in [5.41, 5.74) is 0.351. The summed E-state index contributed by atoms with van der Waals surface area (Å²) in [5.74, 6) is 0.258. The van der Waals surface area contributed by atoms with Crippen LogP contribution >= 0.6 is 0 Å². The predicted molar refractivity (Wildman–Crippen MR) is 99.7 cm³/mol. The third kappa shape index (κ3) is 4.47. The summed E-state index contributed by atoms with van der Waals surface area (Å²) < 4.78 is 60.3. The van der Waals surface area contributed by atoms with Crippen molar-refractivity contribution in [3.8, 4) is 11.5 Å². The third-order valence-corrected chi connectivity index (χ3v) is 6.25. The smallest absolute Gasteiger partial charge is 0.339 e. The summed E-state index contributed by atoms with van der Waals surface area (Å²) in [7, 11) is -8.43. The quantitative estimate of drug-likeness (QED) is 0.584. The Labute approximate surface area is 158 Å². The highest BCUT2D eigenvalue weighted by Crippen LogP contribution is 2.25. The van der Waals surface area contributed by atoms with E-state index in [0.717, 1.165) is 6.07 Å². The van der Waals surface area contributed by atoms with Crippen LogP contribution in [-0.2, 0) is 20.2 Å². The van der Waals surface area contributed by atoms with Crippen LogP contribution in [0.15, 0.2) is 88.7 Å². The fraction of sp³-hybridized carbons (Fsp3) is 0.0526. The molecular formula is C19H16O6S2. The molecule has 0 saturated carbocycles. The molecule has 0 unspecified atom stereocenters. The largest absolute Gasteiger partial charge is 0.379 e. The molecule has 0 aliphatic heterocycles. The molecule has 27 heavy (non-hydrogen) atoms. The van der Waals surface area contributed by atoms with Gasteiger partial charge in [0.15, 0.2) is 0 Å². The number of benzene rings is 3. The van der Waals surface area contributed by atoms with E-state index in [1.54, 1.807) is 43.3 Å². The first-order valence-electron chi connectivity index (χ1n) is 7.88. The van der Waals surface area contributed by atoms with E-state index in [1.165, 1.54) is 36.4 Å². The SMILES string of the molecule is Cc1ccc(S(=O)(=O)Oc2ccccc2)cc1S(=O)(=O)Oc1ccccc1. The van der Waals surface area contributed by atoms with Crippen molar-refractivity contribution in [1.29, 1.82) is 0 Å². The lowest BCUT2D eigenvalue weighted by molar-refractivity contribution is 0.483. The molecule has 3 aromatic rings. The maximum Gasteiger partial charge on any atom is 0.339 e. The van der Waals surface area contributed by atoms with Crippen LogP contribution in [0, 0.1) is 6.92 Å². The zero-order chi connectivity index (χ0) is 19.5. The molecule has 3 rings (SSSR count). The van der Waals surface area contributed by atoms with Crippen molar-refractivity contribution < 1.29 is 25.2 Å². The summed E-state index contributed by atoms with van der Waals surface area (Å²) in [4.78, 5) is -0.531. The fourth-order valence-corrected chi connectivity index (χ4v) is 4.52. The minimum atomic E-state index is -4.22. The summed E-state index contributed by atoms with van der Waals surface area (Å²) >= 11 is 0. The van der Waals surface area contributed by atoms with Crippen molar-refractivity contribution >= 4 is 20.2 Å². The highest BCUT2D eigenvalue weighted by Gasteiger charge is 2.24. The first-order chi connectivity index (χ1) is 12.8. The highest BCUT2D eigenvalue weighted by atomic mass is 32.2. The van der Waals surface area contributed by atoms with E-state index < -0.39 is 20.2 Å². The van der Waals surface area contributed by atoms with Crippen LogP contribution in [-0.4, -0.2) is 16.8 Å². The van der Waals surface area contributed by atoms with E-state index in [1.807, 2.05) is 0 Å². The second-order valence-corrected chi connectivity index (χ2v) is 8.69. The third-order valence-electron chi connectivity index (χ3n) is 3.62. The summed E-state index contributed by atoms with van der Waals surface area (Å²) in [6.07, 6.45) is 0. The topological polar surface area (TPSA) is 86.7 Å². The van der Waals surface area contributed by atoms with Gasteiger partial charge in [0.25, 0.3) is 0 Å². The van der Waals surface area contributed by atoms with Gasteiger partial charge in [-0.3, -0.25) is 0 Å². The Kier molecular flexibility index (Phi) is 5.20. The Balaban J connectivity index is 1.96. The molecule has 0 heterocycles. The van der Waals surface area contributed by atoms with Gasteiger partial charge in [-0.1, -0.05) is 42.5 Å². The second-order valence-electron chi connectivity index (χ2n) is 5.63. The molecule has 6 nitrogen and oxygen atoms in total. The van der Waals surface area contributed by atoms with Gasteiger partial charge in [0, 0.05) is 0 Å². The zero-order valence-corrected chi connectivity index (χ0v) is 15.9. The van der Waals surface area contributed by atoms with Crippen LogP contribution in [0.5, 0.6) is 11.5 Å². The van der Waals surface area contributed by atoms with Gasteiger partial charge in [0.2, 0.25) is 0 Å². The van der Waals surface area contributed by atoms with Crippen LogP contribution < -0.4 is 8.37 Å². The number of para-hydroxylation sites is 2. The molecule has 0 fully saturated rings. The van der Waals surface area contributed by atoms with Gasteiger partial charge in [0.05, 0.1) is 0 Å². The van der Waals surface area contributed by atoms with Gasteiger partial charge in [-0.15, -0.1) is 0 Å². The molecule has 0 bridgehead atoms. The average molecular weight is 404 g/mol. The molecule has 0 aliphatic carbocycles. The van der Waals surface area contributed by atoms with E-state index in [0.29, 0.717) is 5.56 Å². The lowest BCUT2D eigenvalue weighted by Crippen LogP contribution is -2.14. The molecule has 0 aromatic heterocycles. The molecule has 0 aliphatic rings. The van der Waals surface area contributed by atoms with Crippen LogP contribution in [0.2, 0.25) is 0 Å². The molecule has 3 aromatic carbocycles. The Bertz CT molecular complexity index is 1140. The Morgan fingerprint density at radius 2 is 1.11 bits per heavy atom. The Morgan fingerprint density at radius 3 is 1.63 bits per heavy atom. The van der Waals surface area contributed by atoms with Crippen molar-refractivity contribution in [2.45, 2.75) is 16.7 Å². The number of rotatable bonds is 6. The summed E-state index contributed by atoms with van der Waals surface area (Å²) in [6, 6.07) is 19.6. The maximum absolute atomic E-state index is 12.6. The normalized spacial score (nSPS) is 11.7. The molecule has 140 valence electrons. The molecular weight excluding hydrogens is 388 g/mol. The molecule has 8 heteroatoms. The standard InChI is InChI=1S/C19H16O6S2/c1-15-12-13-18(26(20,21)24-16-8-4-2-5-9-16)14-19(15)27(22,23)25-17-10-6-3-7-11-17/h2-14H,1H3. The van der Waals surface area contributed by atoms with E-state index in [-0.39, 0.29) is 21.3 Å². The molecule has 0 amide bonds. The fourth-order valence-electron chi connectivity index (χ4n) is 2.30. The Hall–Kier alpha value is -2.84. The van der Waals surface area contributed by atoms with Gasteiger partial charge in [-0.05, 0) is 48.9 Å². The van der Waals surface area contributed by atoms with Crippen molar-refractivity contribution in [1.82, 2.24) is 0 Å². The Morgan fingerprint density at radius 1 is 0.630 bits per heavy atom. The first kappa shape index (κ1) is 18.9. The van der Waals surface area contributed by atoms with Gasteiger partial charge in [-0.2, -0.15) is 16.8 Å². The minimum absolute atomic E-state index is 0.128. The van der Waals surface area contributed by atoms with Crippen LogP contribution in [0.3, 0.4) is 0 Å². The van der Waals surface area contributed by atoms with Crippen molar-refractivity contribution in [2.24, 2.45) is 0 Å². The zero-order valence-electron chi connectivity index (χ0n) is 14.3. The van der Waals surface area contributed by atoms with Gasteiger partial charge >= 0.3 is 20.2 Å². The van der Waals surface area contributed by atoms with E-state index in [9.17, 15) is 16.8 Å². The van der Waals surface area contributed by atoms with Crippen molar-refractivity contribution in [3.05, 3.63) is 84.4 Å². The van der Waals surface area contributed by atoms with Gasteiger partial charge in [0.1, 0.15) is 21.3 Å².